The number of anilines is 1. The maximum atomic E-state index is 11.7. The molecule has 7 heteroatoms. The minimum atomic E-state index is -0.108. The van der Waals surface area contributed by atoms with Gasteiger partial charge in [-0.3, -0.25) is 9.48 Å². The van der Waals surface area contributed by atoms with E-state index < -0.39 is 0 Å². The SMILES string of the molecule is Cn1cnc(CNCC(=O)Nc2ccccc2Br)n1. The first-order chi connectivity index (χ1) is 9.15. The molecule has 0 saturated heterocycles. The Morgan fingerprint density at radius 3 is 2.89 bits per heavy atom. The third-order valence-corrected chi connectivity index (χ3v) is 3.06. The largest absolute Gasteiger partial charge is 0.324 e. The summed E-state index contributed by atoms with van der Waals surface area (Å²) in [4.78, 5) is 15.8. The Labute approximate surface area is 119 Å². The van der Waals surface area contributed by atoms with Gasteiger partial charge in [0.15, 0.2) is 5.82 Å². The number of nitrogens with zero attached hydrogens (tertiary/aromatic N) is 3. The van der Waals surface area contributed by atoms with Crippen molar-refractivity contribution in [3.8, 4) is 0 Å². The highest BCUT2D eigenvalue weighted by molar-refractivity contribution is 9.10. The van der Waals surface area contributed by atoms with E-state index in [-0.39, 0.29) is 12.5 Å². The van der Waals surface area contributed by atoms with Crippen LogP contribution in [0.15, 0.2) is 35.1 Å². The maximum Gasteiger partial charge on any atom is 0.238 e. The number of nitrogens with one attached hydrogen (secondary N) is 2. The molecule has 2 rings (SSSR count). The molecule has 0 aliphatic carbocycles. The van der Waals surface area contributed by atoms with E-state index >= 15 is 0 Å². The molecule has 1 aromatic heterocycles. The van der Waals surface area contributed by atoms with Gasteiger partial charge < -0.3 is 10.6 Å². The normalized spacial score (nSPS) is 10.4. The zero-order chi connectivity index (χ0) is 13.7. The molecule has 0 saturated carbocycles. The molecule has 0 aliphatic rings. The zero-order valence-electron chi connectivity index (χ0n) is 10.4. The van der Waals surface area contributed by atoms with Gasteiger partial charge in [-0.15, -0.1) is 0 Å². The molecule has 0 bridgehead atoms. The Morgan fingerprint density at radius 2 is 2.21 bits per heavy atom. The third-order valence-electron chi connectivity index (χ3n) is 2.36. The number of halogens is 1. The smallest absolute Gasteiger partial charge is 0.238 e. The Kier molecular flexibility index (Phi) is 4.64. The van der Waals surface area contributed by atoms with E-state index in [1.165, 1.54) is 0 Å². The molecule has 0 fully saturated rings. The molecule has 0 unspecified atom stereocenters. The monoisotopic (exact) mass is 323 g/mol. The van der Waals surface area contributed by atoms with Crippen molar-refractivity contribution in [2.24, 2.45) is 7.05 Å². The molecule has 0 aliphatic heterocycles. The summed E-state index contributed by atoms with van der Waals surface area (Å²) in [6.07, 6.45) is 1.62. The van der Waals surface area contributed by atoms with Crippen LogP contribution in [0.5, 0.6) is 0 Å². The molecule has 0 atom stereocenters. The Bertz CT molecular complexity index is 569. The lowest BCUT2D eigenvalue weighted by molar-refractivity contribution is -0.115. The van der Waals surface area contributed by atoms with Crippen LogP contribution in [0.3, 0.4) is 0 Å². The number of aryl methyl sites for hydroxylation is 1. The van der Waals surface area contributed by atoms with E-state index in [1.54, 1.807) is 18.1 Å². The number of para-hydroxylation sites is 1. The van der Waals surface area contributed by atoms with Crippen molar-refractivity contribution in [1.29, 1.82) is 0 Å². The highest BCUT2D eigenvalue weighted by atomic mass is 79.9. The van der Waals surface area contributed by atoms with Crippen LogP contribution in [0, 0.1) is 0 Å². The number of benzene rings is 1. The molecule has 0 radical (unpaired) electrons. The summed E-state index contributed by atoms with van der Waals surface area (Å²) >= 11 is 3.37. The molecule has 2 aromatic rings. The molecular weight excluding hydrogens is 310 g/mol. The van der Waals surface area contributed by atoms with Gasteiger partial charge in [-0.1, -0.05) is 12.1 Å². The Balaban J connectivity index is 1.77. The molecule has 1 aromatic carbocycles. The van der Waals surface area contributed by atoms with Crippen molar-refractivity contribution in [2.75, 3.05) is 11.9 Å². The highest BCUT2D eigenvalue weighted by Gasteiger charge is 2.05. The number of hydrogen-bond donors (Lipinski definition) is 2. The fourth-order valence-electron chi connectivity index (χ4n) is 1.51. The minimum Gasteiger partial charge on any atom is -0.324 e. The molecule has 6 nitrogen and oxygen atoms in total. The lowest BCUT2D eigenvalue weighted by Crippen LogP contribution is -2.28. The van der Waals surface area contributed by atoms with Gasteiger partial charge in [-0.25, -0.2) is 4.98 Å². The second kappa shape index (κ2) is 6.44. The number of carbonyl (C=O) groups excluding carboxylic acids is 1. The highest BCUT2D eigenvalue weighted by Crippen LogP contribution is 2.20. The molecule has 19 heavy (non-hydrogen) atoms. The van der Waals surface area contributed by atoms with Crippen molar-refractivity contribution in [1.82, 2.24) is 20.1 Å². The van der Waals surface area contributed by atoms with Crippen LogP contribution in [0.2, 0.25) is 0 Å². The first-order valence-corrected chi connectivity index (χ1v) is 6.54. The van der Waals surface area contributed by atoms with Crippen molar-refractivity contribution in [3.63, 3.8) is 0 Å². The first-order valence-electron chi connectivity index (χ1n) is 5.75. The van der Waals surface area contributed by atoms with E-state index in [9.17, 15) is 4.79 Å². The van der Waals surface area contributed by atoms with Gasteiger partial charge in [0, 0.05) is 11.5 Å². The van der Waals surface area contributed by atoms with Crippen LogP contribution < -0.4 is 10.6 Å². The number of hydrogen-bond acceptors (Lipinski definition) is 4. The van der Waals surface area contributed by atoms with Gasteiger partial charge in [0.05, 0.1) is 18.8 Å². The van der Waals surface area contributed by atoms with Crippen LogP contribution in [-0.2, 0) is 18.4 Å². The third kappa shape index (κ3) is 4.15. The number of carbonyl (C=O) groups is 1. The topological polar surface area (TPSA) is 71.8 Å². The molecule has 2 N–H and O–H groups in total. The molecule has 1 heterocycles. The minimum absolute atomic E-state index is 0.108. The molecule has 100 valence electrons. The fourth-order valence-corrected chi connectivity index (χ4v) is 1.89. The summed E-state index contributed by atoms with van der Waals surface area (Å²) in [5.41, 5.74) is 0.755. The van der Waals surface area contributed by atoms with E-state index in [0.29, 0.717) is 12.4 Å². The van der Waals surface area contributed by atoms with Crippen LogP contribution in [0.25, 0.3) is 0 Å². The van der Waals surface area contributed by atoms with Gasteiger partial charge >= 0.3 is 0 Å². The van der Waals surface area contributed by atoms with E-state index in [2.05, 4.69) is 36.6 Å². The van der Waals surface area contributed by atoms with E-state index in [1.807, 2.05) is 24.3 Å². The molecule has 1 amide bonds. The predicted molar refractivity (Wildman–Crippen MR) is 75.5 cm³/mol. The van der Waals surface area contributed by atoms with Crippen molar-refractivity contribution in [3.05, 3.63) is 40.9 Å². The average Bonchev–Trinajstić information content (AvgIpc) is 2.78. The van der Waals surface area contributed by atoms with E-state index in [0.717, 1.165) is 10.2 Å². The maximum absolute atomic E-state index is 11.7. The van der Waals surface area contributed by atoms with Crippen LogP contribution >= 0.6 is 15.9 Å². The summed E-state index contributed by atoms with van der Waals surface area (Å²) in [5, 5.41) is 9.91. The number of amides is 1. The standard InChI is InChI=1S/C12H14BrN5O/c1-18-8-15-11(17-18)6-14-7-12(19)16-10-5-3-2-4-9(10)13/h2-5,8,14H,6-7H2,1H3,(H,16,19). The van der Waals surface area contributed by atoms with Crippen molar-refractivity contribution in [2.45, 2.75) is 6.54 Å². The lowest BCUT2D eigenvalue weighted by Gasteiger charge is -2.07. The second-order valence-electron chi connectivity index (χ2n) is 3.97. The van der Waals surface area contributed by atoms with Gasteiger partial charge in [0.25, 0.3) is 0 Å². The number of aromatic nitrogens is 3. The molecular formula is C12H14BrN5O. The first kappa shape index (κ1) is 13.7. The summed E-state index contributed by atoms with van der Waals surface area (Å²) in [5.74, 6) is 0.555. The second-order valence-corrected chi connectivity index (χ2v) is 4.82. The summed E-state index contributed by atoms with van der Waals surface area (Å²) in [7, 11) is 1.80. The molecule has 0 spiro atoms. The van der Waals surface area contributed by atoms with Crippen molar-refractivity contribution < 1.29 is 4.79 Å². The zero-order valence-corrected chi connectivity index (χ0v) is 12.0. The van der Waals surface area contributed by atoms with Gasteiger partial charge in [0.1, 0.15) is 6.33 Å². The van der Waals surface area contributed by atoms with Gasteiger partial charge in [-0.2, -0.15) is 5.10 Å². The average molecular weight is 324 g/mol. The fraction of sp³-hybridized carbons (Fsp3) is 0.250. The summed E-state index contributed by atoms with van der Waals surface area (Å²) < 4.78 is 2.48. The van der Waals surface area contributed by atoms with Crippen LogP contribution in [0.1, 0.15) is 5.82 Å². The van der Waals surface area contributed by atoms with Gasteiger partial charge in [-0.05, 0) is 28.1 Å². The van der Waals surface area contributed by atoms with Crippen molar-refractivity contribution >= 4 is 27.5 Å². The number of rotatable bonds is 5. The van der Waals surface area contributed by atoms with Crippen LogP contribution in [-0.4, -0.2) is 27.2 Å². The van der Waals surface area contributed by atoms with Crippen LogP contribution in [0.4, 0.5) is 5.69 Å². The van der Waals surface area contributed by atoms with E-state index in [4.69, 9.17) is 0 Å². The Morgan fingerprint density at radius 1 is 1.42 bits per heavy atom. The predicted octanol–water partition coefficient (Wildman–Crippen LogP) is 1.31. The summed E-state index contributed by atoms with van der Waals surface area (Å²) in [6, 6.07) is 7.47. The van der Waals surface area contributed by atoms with Gasteiger partial charge in [0.2, 0.25) is 5.91 Å². The quantitative estimate of drug-likeness (QED) is 0.870. The lowest BCUT2D eigenvalue weighted by atomic mass is 10.3. The Hall–Kier alpha value is -1.73. The summed E-state index contributed by atoms with van der Waals surface area (Å²) in [6.45, 7) is 0.670.